The SMILES string of the molecule is C/C=C/C(=O)c1cc2c(cc1S)C(=O)C=C(/C=C/C)C2=O. The summed E-state index contributed by atoms with van der Waals surface area (Å²) in [5.74, 6) is -0.753. The Morgan fingerprint density at radius 1 is 1.10 bits per heavy atom. The van der Waals surface area contributed by atoms with Crippen molar-refractivity contribution in [2.45, 2.75) is 18.7 Å². The molecule has 1 aliphatic carbocycles. The maximum Gasteiger partial charge on any atom is 0.193 e. The van der Waals surface area contributed by atoms with Gasteiger partial charge in [-0.3, -0.25) is 14.4 Å². The minimum atomic E-state index is -0.259. The molecular formula is C17H14O3S. The van der Waals surface area contributed by atoms with E-state index in [4.69, 9.17) is 0 Å². The van der Waals surface area contributed by atoms with Crippen molar-refractivity contribution in [1.82, 2.24) is 0 Å². The van der Waals surface area contributed by atoms with Crippen molar-refractivity contribution in [3.05, 3.63) is 64.8 Å². The number of carbonyl (C=O) groups excluding carboxylic acids is 3. The van der Waals surface area contributed by atoms with E-state index in [0.717, 1.165) is 0 Å². The van der Waals surface area contributed by atoms with Crippen LogP contribution < -0.4 is 0 Å². The number of allylic oxidation sites excluding steroid dienone is 6. The van der Waals surface area contributed by atoms with E-state index >= 15 is 0 Å². The van der Waals surface area contributed by atoms with E-state index in [1.54, 1.807) is 32.1 Å². The molecule has 0 heterocycles. The molecule has 0 saturated heterocycles. The molecule has 0 fully saturated rings. The van der Waals surface area contributed by atoms with Crippen molar-refractivity contribution < 1.29 is 14.4 Å². The number of hydrogen-bond donors (Lipinski definition) is 1. The number of fused-ring (bicyclic) bond motifs is 1. The van der Waals surface area contributed by atoms with Gasteiger partial charge in [0.05, 0.1) is 0 Å². The Balaban J connectivity index is 2.62. The molecule has 0 radical (unpaired) electrons. The summed E-state index contributed by atoms with van der Waals surface area (Å²) >= 11 is 4.24. The first-order valence-corrected chi connectivity index (χ1v) is 6.91. The fourth-order valence-electron chi connectivity index (χ4n) is 2.16. The van der Waals surface area contributed by atoms with E-state index in [9.17, 15) is 14.4 Å². The Bertz CT molecular complexity index is 737. The van der Waals surface area contributed by atoms with Gasteiger partial charge in [-0.05, 0) is 38.1 Å². The zero-order chi connectivity index (χ0) is 15.6. The van der Waals surface area contributed by atoms with E-state index in [2.05, 4.69) is 12.6 Å². The monoisotopic (exact) mass is 298 g/mol. The van der Waals surface area contributed by atoms with E-state index in [0.29, 0.717) is 16.0 Å². The van der Waals surface area contributed by atoms with Crippen LogP contribution in [0.15, 0.2) is 53.0 Å². The van der Waals surface area contributed by atoms with E-state index < -0.39 is 0 Å². The standard InChI is InChI=1S/C17H14O3S/c1-3-5-10-7-15(19)11-9-16(21)13(14(18)6-4-2)8-12(11)17(10)20/h3-9,21H,1-2H3/b5-3+,6-4+. The normalized spacial score (nSPS) is 14.7. The Hall–Kier alpha value is -2.20. The van der Waals surface area contributed by atoms with Crippen molar-refractivity contribution in [2.24, 2.45) is 0 Å². The maximum absolute atomic E-state index is 12.4. The molecule has 0 spiro atoms. The third kappa shape index (κ3) is 2.81. The van der Waals surface area contributed by atoms with Gasteiger partial charge in [-0.1, -0.05) is 18.2 Å². The predicted molar refractivity (Wildman–Crippen MR) is 84.4 cm³/mol. The molecule has 0 saturated carbocycles. The van der Waals surface area contributed by atoms with Crippen LogP contribution in [0.3, 0.4) is 0 Å². The molecule has 0 N–H and O–H groups in total. The molecule has 0 aromatic heterocycles. The van der Waals surface area contributed by atoms with Gasteiger partial charge in [-0.2, -0.15) is 0 Å². The summed E-state index contributed by atoms with van der Waals surface area (Å²) in [6, 6.07) is 2.94. The summed E-state index contributed by atoms with van der Waals surface area (Å²) in [6.45, 7) is 3.50. The molecule has 106 valence electrons. The van der Waals surface area contributed by atoms with Gasteiger partial charge >= 0.3 is 0 Å². The summed E-state index contributed by atoms with van der Waals surface area (Å²) in [4.78, 5) is 36.8. The largest absolute Gasteiger partial charge is 0.289 e. The molecule has 21 heavy (non-hydrogen) atoms. The summed E-state index contributed by atoms with van der Waals surface area (Å²) in [5.41, 5.74) is 1.18. The Labute approximate surface area is 128 Å². The quantitative estimate of drug-likeness (QED) is 0.527. The van der Waals surface area contributed by atoms with Crippen molar-refractivity contribution in [3.63, 3.8) is 0 Å². The van der Waals surface area contributed by atoms with Crippen LogP contribution in [0.5, 0.6) is 0 Å². The average molecular weight is 298 g/mol. The van der Waals surface area contributed by atoms with Crippen molar-refractivity contribution in [3.8, 4) is 0 Å². The molecule has 1 aliphatic rings. The van der Waals surface area contributed by atoms with Crippen LogP contribution in [0.2, 0.25) is 0 Å². The van der Waals surface area contributed by atoms with Gasteiger partial charge in [0.15, 0.2) is 17.3 Å². The third-order valence-corrected chi connectivity index (χ3v) is 3.49. The van der Waals surface area contributed by atoms with Crippen LogP contribution in [0.1, 0.15) is 44.9 Å². The number of rotatable bonds is 3. The third-order valence-electron chi connectivity index (χ3n) is 3.12. The lowest BCUT2D eigenvalue weighted by Crippen LogP contribution is -2.17. The molecule has 2 rings (SSSR count). The Morgan fingerprint density at radius 3 is 2.43 bits per heavy atom. The van der Waals surface area contributed by atoms with Gasteiger partial charge in [0.1, 0.15) is 0 Å². The van der Waals surface area contributed by atoms with Crippen molar-refractivity contribution in [1.29, 1.82) is 0 Å². The number of Topliss-reactive ketones (excluding diaryl/α,β-unsaturated/α-hetero) is 1. The zero-order valence-corrected chi connectivity index (χ0v) is 12.6. The van der Waals surface area contributed by atoms with E-state index in [-0.39, 0.29) is 28.5 Å². The first kappa shape index (κ1) is 15.2. The van der Waals surface area contributed by atoms with E-state index in [1.165, 1.54) is 24.3 Å². The van der Waals surface area contributed by atoms with Gasteiger partial charge in [0, 0.05) is 27.2 Å². The molecule has 1 aromatic carbocycles. The molecule has 0 bridgehead atoms. The highest BCUT2D eigenvalue weighted by Gasteiger charge is 2.26. The Kier molecular flexibility index (Phi) is 4.38. The molecule has 3 nitrogen and oxygen atoms in total. The highest BCUT2D eigenvalue weighted by Crippen LogP contribution is 2.27. The van der Waals surface area contributed by atoms with Crippen LogP contribution in [0.25, 0.3) is 0 Å². The van der Waals surface area contributed by atoms with Gasteiger partial charge in [-0.15, -0.1) is 12.6 Å². The second-order valence-corrected chi connectivity index (χ2v) is 5.05. The molecule has 0 atom stereocenters. The van der Waals surface area contributed by atoms with Gasteiger partial charge < -0.3 is 0 Å². The number of carbonyl (C=O) groups is 3. The average Bonchev–Trinajstić information content (AvgIpc) is 2.44. The minimum absolute atomic E-state index is 0.243. The lowest BCUT2D eigenvalue weighted by Gasteiger charge is -2.15. The van der Waals surface area contributed by atoms with Crippen molar-refractivity contribution in [2.75, 3.05) is 0 Å². The second-order valence-electron chi connectivity index (χ2n) is 4.57. The Morgan fingerprint density at radius 2 is 1.81 bits per heavy atom. The molecule has 1 aromatic rings. The van der Waals surface area contributed by atoms with Crippen molar-refractivity contribution >= 4 is 30.0 Å². The fraction of sp³-hybridized carbons (Fsp3) is 0.118. The first-order valence-electron chi connectivity index (χ1n) is 6.47. The zero-order valence-electron chi connectivity index (χ0n) is 11.7. The van der Waals surface area contributed by atoms with Gasteiger partial charge in [0.25, 0.3) is 0 Å². The summed E-state index contributed by atoms with van der Waals surface area (Å²) in [5, 5.41) is 0. The second kappa shape index (κ2) is 6.06. The lowest BCUT2D eigenvalue weighted by molar-refractivity contribution is 0.0986. The molecule has 0 amide bonds. The first-order chi connectivity index (χ1) is 9.99. The lowest BCUT2D eigenvalue weighted by atomic mass is 9.87. The summed E-state index contributed by atoms with van der Waals surface area (Å²) < 4.78 is 0. The van der Waals surface area contributed by atoms with Crippen LogP contribution >= 0.6 is 12.6 Å². The molecule has 4 heteroatoms. The van der Waals surface area contributed by atoms with Crippen LogP contribution in [0, 0.1) is 0 Å². The van der Waals surface area contributed by atoms with Crippen LogP contribution in [0.4, 0.5) is 0 Å². The number of thiol groups is 1. The van der Waals surface area contributed by atoms with Gasteiger partial charge in [0.2, 0.25) is 0 Å². The number of benzene rings is 1. The van der Waals surface area contributed by atoms with Crippen LogP contribution in [-0.4, -0.2) is 17.3 Å². The predicted octanol–water partition coefficient (Wildman–Crippen LogP) is 3.62. The number of ketones is 3. The topological polar surface area (TPSA) is 51.2 Å². The smallest absolute Gasteiger partial charge is 0.193 e. The molecule has 0 unspecified atom stereocenters. The number of hydrogen-bond acceptors (Lipinski definition) is 4. The van der Waals surface area contributed by atoms with Crippen LogP contribution in [-0.2, 0) is 0 Å². The van der Waals surface area contributed by atoms with E-state index in [1.807, 2.05) is 0 Å². The summed E-state index contributed by atoms with van der Waals surface area (Å²) in [7, 11) is 0. The fourth-order valence-corrected chi connectivity index (χ4v) is 2.47. The molecule has 0 aliphatic heterocycles. The minimum Gasteiger partial charge on any atom is -0.289 e. The summed E-state index contributed by atoms with van der Waals surface area (Å²) in [6.07, 6.45) is 7.61. The highest BCUT2D eigenvalue weighted by molar-refractivity contribution is 7.80. The highest BCUT2D eigenvalue weighted by atomic mass is 32.1. The van der Waals surface area contributed by atoms with Gasteiger partial charge in [-0.25, -0.2) is 0 Å². The molecular weight excluding hydrogens is 284 g/mol. The maximum atomic E-state index is 12.4.